The van der Waals surface area contributed by atoms with Crippen molar-refractivity contribution >= 4 is 12.4 Å². The maximum atomic E-state index is 10.6. The number of aliphatic hydroxyl groups is 2. The summed E-state index contributed by atoms with van der Waals surface area (Å²) in [7, 11) is 0. The minimum Gasteiger partial charge on any atom is -0.504 e. The van der Waals surface area contributed by atoms with Crippen molar-refractivity contribution in [3.8, 4) is 34.5 Å². The Morgan fingerprint density at radius 2 is 1.25 bits per heavy atom. The molecule has 0 saturated heterocycles. The van der Waals surface area contributed by atoms with E-state index >= 15 is 0 Å². The molecule has 2 aliphatic heterocycles. The van der Waals surface area contributed by atoms with E-state index in [1.165, 1.54) is 18.2 Å². The quantitative estimate of drug-likeness (QED) is 0.233. The summed E-state index contributed by atoms with van der Waals surface area (Å²) >= 11 is 0. The van der Waals surface area contributed by atoms with Crippen molar-refractivity contribution < 1.29 is 44.2 Å². The molecule has 4 atom stereocenters. The van der Waals surface area contributed by atoms with Gasteiger partial charge in [-0.15, -0.1) is 0 Å². The number of rotatable bonds is 6. The van der Waals surface area contributed by atoms with Gasteiger partial charge in [0.05, 0.1) is 13.2 Å². The molecule has 4 unspecified atom stereocenters. The third-order valence-electron chi connectivity index (χ3n) is 6.06. The first-order valence-corrected chi connectivity index (χ1v) is 11.3. The van der Waals surface area contributed by atoms with E-state index in [2.05, 4.69) is 0 Å². The van der Waals surface area contributed by atoms with E-state index in [9.17, 15) is 25.2 Å². The van der Waals surface area contributed by atoms with Crippen LogP contribution in [0.15, 0.2) is 60.7 Å². The van der Waals surface area contributed by atoms with Crippen LogP contribution in [0.1, 0.15) is 28.9 Å². The van der Waals surface area contributed by atoms with Crippen LogP contribution in [0.5, 0.6) is 34.5 Å². The molecule has 0 aromatic heterocycles. The molecule has 0 spiro atoms. The second-order valence-electron chi connectivity index (χ2n) is 8.41. The average molecular weight is 492 g/mol. The molecule has 9 heteroatoms. The smallest absolute Gasteiger partial charge is 0.163 e. The van der Waals surface area contributed by atoms with E-state index in [0.29, 0.717) is 40.4 Å². The summed E-state index contributed by atoms with van der Waals surface area (Å²) < 4.78 is 24.3. The molecular formula is C27H24O9. The van der Waals surface area contributed by atoms with E-state index in [4.69, 9.17) is 18.9 Å². The van der Waals surface area contributed by atoms with Gasteiger partial charge in [0.25, 0.3) is 0 Å². The molecule has 2 aliphatic rings. The van der Waals surface area contributed by atoms with Gasteiger partial charge in [0.15, 0.2) is 58.9 Å². The minimum absolute atomic E-state index is 0.261. The lowest BCUT2D eigenvalue weighted by Gasteiger charge is -2.36. The Kier molecular flexibility index (Phi) is 6.41. The number of aldehydes is 1. The van der Waals surface area contributed by atoms with Gasteiger partial charge in [0, 0.05) is 11.1 Å². The van der Waals surface area contributed by atoms with Gasteiger partial charge in [0.1, 0.15) is 6.29 Å². The zero-order valence-electron chi connectivity index (χ0n) is 19.0. The first kappa shape index (κ1) is 23.5. The van der Waals surface area contributed by atoms with Gasteiger partial charge in [-0.25, -0.2) is 0 Å². The van der Waals surface area contributed by atoms with Crippen LogP contribution in [-0.4, -0.2) is 52.1 Å². The lowest BCUT2D eigenvalue weighted by atomic mass is 10.00. The Balaban J connectivity index is 1.43. The number of benzene rings is 3. The van der Waals surface area contributed by atoms with Crippen LogP contribution in [0, 0.1) is 0 Å². The van der Waals surface area contributed by atoms with Crippen LogP contribution in [0.2, 0.25) is 0 Å². The summed E-state index contributed by atoms with van der Waals surface area (Å²) in [5, 5.41) is 39.4. The molecule has 0 radical (unpaired) electrons. The van der Waals surface area contributed by atoms with E-state index in [1.807, 2.05) is 0 Å². The van der Waals surface area contributed by atoms with Crippen LogP contribution in [-0.2, 0) is 4.79 Å². The lowest BCUT2D eigenvalue weighted by molar-refractivity contribution is -0.104. The van der Waals surface area contributed by atoms with Gasteiger partial charge < -0.3 is 39.4 Å². The van der Waals surface area contributed by atoms with Crippen molar-refractivity contribution in [1.29, 1.82) is 0 Å². The largest absolute Gasteiger partial charge is 0.504 e. The van der Waals surface area contributed by atoms with Crippen LogP contribution in [0.4, 0.5) is 0 Å². The summed E-state index contributed by atoms with van der Waals surface area (Å²) in [6.45, 7) is -0.653. The van der Waals surface area contributed by atoms with Crippen molar-refractivity contribution in [3.63, 3.8) is 0 Å². The number of aromatic hydroxyl groups is 2. The van der Waals surface area contributed by atoms with Gasteiger partial charge in [-0.1, -0.05) is 24.3 Å². The predicted octanol–water partition coefficient (Wildman–Crippen LogP) is 3.06. The molecular weight excluding hydrogens is 468 g/mol. The fourth-order valence-corrected chi connectivity index (χ4v) is 4.28. The molecule has 5 rings (SSSR count). The summed E-state index contributed by atoms with van der Waals surface area (Å²) in [6, 6.07) is 14.7. The van der Waals surface area contributed by atoms with E-state index in [1.54, 1.807) is 48.5 Å². The molecule has 36 heavy (non-hydrogen) atoms. The highest BCUT2D eigenvalue weighted by Crippen LogP contribution is 2.45. The molecule has 3 aromatic carbocycles. The van der Waals surface area contributed by atoms with Gasteiger partial charge in [-0.3, -0.25) is 4.79 Å². The second kappa shape index (κ2) is 9.80. The Labute approximate surface area is 206 Å². The molecule has 9 nitrogen and oxygen atoms in total. The highest BCUT2D eigenvalue weighted by molar-refractivity contribution is 5.74. The van der Waals surface area contributed by atoms with E-state index < -0.39 is 24.4 Å². The first-order valence-electron chi connectivity index (χ1n) is 11.3. The number of ether oxygens (including phenoxy) is 4. The fraction of sp³-hybridized carbons (Fsp3) is 0.222. The number of hydrogen-bond donors (Lipinski definition) is 4. The Bertz CT molecular complexity index is 1300. The second-order valence-corrected chi connectivity index (χ2v) is 8.41. The van der Waals surface area contributed by atoms with Crippen molar-refractivity contribution in [1.82, 2.24) is 0 Å². The first-order chi connectivity index (χ1) is 17.5. The molecule has 0 fully saturated rings. The molecule has 0 saturated carbocycles. The molecule has 0 bridgehead atoms. The maximum Gasteiger partial charge on any atom is 0.163 e. The normalized spacial score (nSPS) is 22.4. The van der Waals surface area contributed by atoms with E-state index in [0.717, 1.165) is 5.56 Å². The highest BCUT2D eigenvalue weighted by Gasteiger charge is 2.36. The van der Waals surface area contributed by atoms with Crippen molar-refractivity contribution in [2.24, 2.45) is 0 Å². The summed E-state index contributed by atoms with van der Waals surface area (Å²) in [6.07, 6.45) is 0.868. The van der Waals surface area contributed by atoms with Crippen molar-refractivity contribution in [2.75, 3.05) is 13.2 Å². The van der Waals surface area contributed by atoms with Gasteiger partial charge in [0.2, 0.25) is 0 Å². The Morgan fingerprint density at radius 1 is 0.667 bits per heavy atom. The number of carbonyl (C=O) groups is 1. The highest BCUT2D eigenvalue weighted by atomic mass is 16.6. The topological polar surface area (TPSA) is 135 Å². The number of aliphatic hydroxyl groups excluding tert-OH is 2. The molecule has 3 aromatic rings. The number of fused-ring (bicyclic) bond motifs is 2. The number of hydrogen-bond acceptors (Lipinski definition) is 9. The van der Waals surface area contributed by atoms with Crippen LogP contribution in [0.3, 0.4) is 0 Å². The monoisotopic (exact) mass is 492 g/mol. The molecule has 0 amide bonds. The van der Waals surface area contributed by atoms with Gasteiger partial charge in [-0.05, 0) is 48.0 Å². The van der Waals surface area contributed by atoms with Crippen molar-refractivity contribution in [2.45, 2.75) is 24.4 Å². The maximum absolute atomic E-state index is 10.6. The minimum atomic E-state index is -0.776. The van der Waals surface area contributed by atoms with Crippen molar-refractivity contribution in [3.05, 3.63) is 77.4 Å². The molecule has 0 aliphatic carbocycles. The summed E-state index contributed by atoms with van der Waals surface area (Å²) in [5.74, 6) is 1.17. The fourth-order valence-electron chi connectivity index (χ4n) is 4.28. The lowest BCUT2D eigenvalue weighted by Crippen LogP contribution is -2.37. The number of phenolic OH excluding ortho intramolecular Hbond substituents is 2. The zero-order valence-corrected chi connectivity index (χ0v) is 19.0. The van der Waals surface area contributed by atoms with Crippen LogP contribution < -0.4 is 18.9 Å². The zero-order chi connectivity index (χ0) is 25.2. The summed E-state index contributed by atoms with van der Waals surface area (Å²) in [4.78, 5) is 10.6. The van der Waals surface area contributed by atoms with E-state index in [-0.39, 0.29) is 24.7 Å². The number of carbonyl (C=O) groups excluding carboxylic acids is 1. The number of allylic oxidation sites excluding steroid dienone is 1. The van der Waals surface area contributed by atoms with Gasteiger partial charge in [-0.2, -0.15) is 0 Å². The van der Waals surface area contributed by atoms with Crippen LogP contribution >= 0.6 is 0 Å². The Hall–Kier alpha value is -4.21. The third-order valence-corrected chi connectivity index (χ3v) is 6.06. The molecule has 4 N–H and O–H groups in total. The molecule has 186 valence electrons. The van der Waals surface area contributed by atoms with Gasteiger partial charge >= 0.3 is 0 Å². The SMILES string of the molecule is O=C/C=C/c1ccc2c(c1)OC(c1ccc3c(c1)OC(CO)C(c1ccc(O)c(O)c1)O3)C(CO)O2. The standard InChI is InChI=1S/C27H24O9/c28-9-1-2-15-3-7-20-22(10-15)36-27(24(13-29)33-20)17-5-8-21-23(12-17)34-25(14-30)26(35-21)16-4-6-18(31)19(32)11-16/h1-12,24-27,29-32H,13-14H2/b2-1+. The van der Waals surface area contributed by atoms with Crippen LogP contribution in [0.25, 0.3) is 6.08 Å². The third kappa shape index (κ3) is 4.41. The summed E-state index contributed by atoms with van der Waals surface area (Å²) in [5.41, 5.74) is 1.94. The Morgan fingerprint density at radius 3 is 1.94 bits per heavy atom. The average Bonchev–Trinajstić information content (AvgIpc) is 2.91. The molecule has 2 heterocycles. The number of phenols is 2. The predicted molar refractivity (Wildman–Crippen MR) is 127 cm³/mol.